The van der Waals surface area contributed by atoms with Gasteiger partial charge >= 0.3 is 0 Å². The van der Waals surface area contributed by atoms with Gasteiger partial charge in [0, 0.05) is 29.1 Å². The van der Waals surface area contributed by atoms with Crippen LogP contribution in [-0.4, -0.2) is 18.1 Å². The van der Waals surface area contributed by atoms with Gasteiger partial charge in [0.2, 0.25) is 0 Å². The van der Waals surface area contributed by atoms with Crippen molar-refractivity contribution in [3.63, 3.8) is 0 Å². The van der Waals surface area contributed by atoms with Gasteiger partial charge in [-0.3, -0.25) is 0 Å². The Morgan fingerprint density at radius 1 is 1.40 bits per heavy atom. The van der Waals surface area contributed by atoms with E-state index in [0.717, 1.165) is 24.6 Å². The zero-order chi connectivity index (χ0) is 10.9. The number of thioether (sulfide) groups is 1. The Labute approximate surface area is 104 Å². The first kappa shape index (κ1) is 12.8. The van der Waals surface area contributed by atoms with Gasteiger partial charge < -0.3 is 5.32 Å². The molecule has 1 rings (SSSR count). The summed E-state index contributed by atoms with van der Waals surface area (Å²) in [5.41, 5.74) is 1.31. The molecule has 0 atom stereocenters. The maximum absolute atomic E-state index is 3.69. The van der Waals surface area contributed by atoms with E-state index in [4.69, 9.17) is 0 Å². The van der Waals surface area contributed by atoms with Crippen LogP contribution in [0.15, 0.2) is 41.4 Å². The summed E-state index contributed by atoms with van der Waals surface area (Å²) in [6.45, 7) is 5.66. The molecule has 1 N–H and O–H groups in total. The molecule has 0 aliphatic rings. The molecule has 0 heterocycles. The Morgan fingerprint density at radius 3 is 2.93 bits per heavy atom. The minimum Gasteiger partial charge on any atom is -0.312 e. The molecule has 3 heteroatoms. The van der Waals surface area contributed by atoms with Crippen LogP contribution in [0, 0.1) is 0 Å². The molecule has 82 valence electrons. The summed E-state index contributed by atoms with van der Waals surface area (Å²) in [5.74, 6) is 2.17. The van der Waals surface area contributed by atoms with Crippen molar-refractivity contribution in [1.82, 2.24) is 5.32 Å². The van der Waals surface area contributed by atoms with Gasteiger partial charge in [-0.05, 0) is 11.6 Å². The Balaban J connectivity index is 2.15. The second kappa shape index (κ2) is 7.97. The molecule has 0 radical (unpaired) electrons. The highest BCUT2D eigenvalue weighted by Crippen LogP contribution is 2.15. The monoisotopic (exact) mass is 285 g/mol. The average molecular weight is 286 g/mol. The molecule has 0 fully saturated rings. The summed E-state index contributed by atoms with van der Waals surface area (Å²) in [7, 11) is 0. The molecule has 0 amide bonds. The molecule has 1 nitrogen and oxygen atoms in total. The van der Waals surface area contributed by atoms with Crippen molar-refractivity contribution in [3.8, 4) is 0 Å². The third kappa shape index (κ3) is 5.40. The number of hydrogen-bond acceptors (Lipinski definition) is 2. The second-order valence-corrected chi connectivity index (χ2v) is 5.14. The zero-order valence-corrected chi connectivity index (χ0v) is 11.1. The second-order valence-electron chi connectivity index (χ2n) is 3.13. The van der Waals surface area contributed by atoms with Crippen molar-refractivity contribution in [3.05, 3.63) is 47.0 Å². The number of hydrogen-bond donors (Lipinski definition) is 1. The molecule has 0 saturated heterocycles. The fourth-order valence-corrected chi connectivity index (χ4v) is 2.22. The number of rotatable bonds is 7. The topological polar surface area (TPSA) is 12.0 Å². The molecule has 0 aliphatic heterocycles. The van der Waals surface area contributed by atoms with E-state index in [1.54, 1.807) is 0 Å². The molecule has 0 unspecified atom stereocenters. The first-order valence-corrected chi connectivity index (χ1v) is 6.92. The van der Waals surface area contributed by atoms with Crippen LogP contribution in [0.4, 0.5) is 0 Å². The van der Waals surface area contributed by atoms with Gasteiger partial charge in [-0.15, -0.1) is 6.58 Å². The van der Waals surface area contributed by atoms with Gasteiger partial charge in [-0.2, -0.15) is 11.8 Å². The molecule has 15 heavy (non-hydrogen) atoms. The van der Waals surface area contributed by atoms with Crippen molar-refractivity contribution in [1.29, 1.82) is 0 Å². The summed E-state index contributed by atoms with van der Waals surface area (Å²) in [4.78, 5) is 0. The van der Waals surface area contributed by atoms with E-state index in [2.05, 4.69) is 46.0 Å². The third-order valence-electron chi connectivity index (χ3n) is 1.93. The molecule has 0 saturated carbocycles. The van der Waals surface area contributed by atoms with Crippen LogP contribution in [0.3, 0.4) is 0 Å². The number of halogens is 1. The minimum atomic E-state index is 0.927. The Morgan fingerprint density at radius 2 is 2.20 bits per heavy atom. The van der Waals surface area contributed by atoms with Gasteiger partial charge in [0.1, 0.15) is 0 Å². The smallest absolute Gasteiger partial charge is 0.0220 e. The maximum atomic E-state index is 3.69. The van der Waals surface area contributed by atoms with Gasteiger partial charge in [0.15, 0.2) is 0 Å². The van der Waals surface area contributed by atoms with Crippen molar-refractivity contribution >= 4 is 27.7 Å². The molecule has 0 aromatic heterocycles. The third-order valence-corrected chi connectivity index (χ3v) is 3.67. The predicted octanol–water partition coefficient (Wildman–Crippen LogP) is 3.46. The normalized spacial score (nSPS) is 10.2. The van der Waals surface area contributed by atoms with E-state index in [9.17, 15) is 0 Å². The summed E-state index contributed by atoms with van der Waals surface area (Å²) < 4.78 is 1.18. The number of nitrogens with one attached hydrogen (secondary N) is 1. The first-order valence-electron chi connectivity index (χ1n) is 4.97. The molecular formula is C12H16BrNS. The van der Waals surface area contributed by atoms with Crippen LogP contribution >= 0.6 is 27.7 Å². The van der Waals surface area contributed by atoms with E-state index < -0.39 is 0 Å². The van der Waals surface area contributed by atoms with Gasteiger partial charge in [-0.1, -0.05) is 40.2 Å². The summed E-state index contributed by atoms with van der Waals surface area (Å²) in [6, 6.07) is 8.30. The average Bonchev–Trinajstić information content (AvgIpc) is 2.25. The largest absolute Gasteiger partial charge is 0.312 e. The van der Waals surface area contributed by atoms with Crippen LogP contribution in [0.2, 0.25) is 0 Å². The van der Waals surface area contributed by atoms with E-state index >= 15 is 0 Å². The van der Waals surface area contributed by atoms with Crippen molar-refractivity contribution in [2.75, 3.05) is 18.1 Å². The lowest BCUT2D eigenvalue weighted by Gasteiger charge is -2.05. The van der Waals surface area contributed by atoms with Crippen LogP contribution in [0.1, 0.15) is 5.56 Å². The summed E-state index contributed by atoms with van der Waals surface area (Å²) >= 11 is 5.43. The molecule has 0 bridgehead atoms. The van der Waals surface area contributed by atoms with E-state index in [1.807, 2.05) is 23.9 Å². The number of benzene rings is 1. The van der Waals surface area contributed by atoms with E-state index in [1.165, 1.54) is 10.0 Å². The lowest BCUT2D eigenvalue weighted by molar-refractivity contribution is 0.730. The van der Waals surface area contributed by atoms with Crippen molar-refractivity contribution in [2.45, 2.75) is 6.54 Å². The highest BCUT2D eigenvalue weighted by Gasteiger charge is 1.96. The summed E-state index contributed by atoms with van der Waals surface area (Å²) in [5, 5.41) is 3.42. The molecular weight excluding hydrogens is 270 g/mol. The van der Waals surface area contributed by atoms with Crippen LogP contribution in [0.5, 0.6) is 0 Å². The van der Waals surface area contributed by atoms with Crippen molar-refractivity contribution in [2.24, 2.45) is 0 Å². The van der Waals surface area contributed by atoms with Crippen LogP contribution < -0.4 is 5.32 Å². The zero-order valence-electron chi connectivity index (χ0n) is 8.71. The van der Waals surface area contributed by atoms with E-state index in [0.29, 0.717) is 0 Å². The van der Waals surface area contributed by atoms with Crippen LogP contribution in [-0.2, 0) is 6.54 Å². The standard InChI is InChI=1S/C12H16BrNS/c1-2-8-15-9-7-14-10-11-5-3-4-6-12(11)13/h2-6,14H,1,7-10H2. The van der Waals surface area contributed by atoms with Gasteiger partial charge in [0.05, 0.1) is 0 Å². The SMILES string of the molecule is C=CCSCCNCc1ccccc1Br. The Bertz CT molecular complexity index is 301. The lowest BCUT2D eigenvalue weighted by atomic mass is 10.2. The first-order chi connectivity index (χ1) is 7.34. The van der Waals surface area contributed by atoms with Gasteiger partial charge in [0.25, 0.3) is 0 Å². The molecule has 1 aromatic carbocycles. The van der Waals surface area contributed by atoms with Gasteiger partial charge in [-0.25, -0.2) is 0 Å². The predicted molar refractivity (Wildman–Crippen MR) is 73.4 cm³/mol. The maximum Gasteiger partial charge on any atom is 0.0220 e. The Kier molecular flexibility index (Phi) is 6.81. The highest BCUT2D eigenvalue weighted by atomic mass is 79.9. The fourth-order valence-electron chi connectivity index (χ4n) is 1.18. The fraction of sp³-hybridized carbons (Fsp3) is 0.333. The Hall–Kier alpha value is -0.250. The highest BCUT2D eigenvalue weighted by molar-refractivity contribution is 9.10. The van der Waals surface area contributed by atoms with Crippen LogP contribution in [0.25, 0.3) is 0 Å². The quantitative estimate of drug-likeness (QED) is 0.608. The van der Waals surface area contributed by atoms with Crippen molar-refractivity contribution < 1.29 is 0 Å². The molecule has 0 aliphatic carbocycles. The molecule has 1 aromatic rings. The lowest BCUT2D eigenvalue weighted by Crippen LogP contribution is -2.16. The van der Waals surface area contributed by atoms with E-state index in [-0.39, 0.29) is 0 Å². The summed E-state index contributed by atoms with van der Waals surface area (Å²) in [6.07, 6.45) is 1.94. The molecule has 0 spiro atoms. The minimum absolute atomic E-state index is 0.927.